The molecular weight excluding hydrogens is 625 g/mol. The Hall–Kier alpha value is -2.99. The molecule has 0 spiro atoms. The monoisotopic (exact) mass is 676 g/mol. The van der Waals surface area contributed by atoms with Crippen LogP contribution >= 0.6 is 23.1 Å². The van der Waals surface area contributed by atoms with E-state index in [9.17, 15) is 24.0 Å². The van der Waals surface area contributed by atoms with Gasteiger partial charge < -0.3 is 20.7 Å². The molecule has 1 aromatic rings. The lowest BCUT2D eigenvalue weighted by Crippen LogP contribution is -2.48. The first-order valence-corrected chi connectivity index (χ1v) is 18.5. The summed E-state index contributed by atoms with van der Waals surface area (Å²) in [6.07, 6.45) is 17.4. The van der Waals surface area contributed by atoms with Crippen molar-refractivity contribution in [1.82, 2.24) is 20.9 Å². The van der Waals surface area contributed by atoms with E-state index in [0.717, 1.165) is 12.8 Å². The molecule has 2 rings (SSSR count). The number of thioether (sulfide) groups is 1. The summed E-state index contributed by atoms with van der Waals surface area (Å²) in [4.78, 5) is 68.2. The first-order valence-electron chi connectivity index (χ1n) is 16.7. The van der Waals surface area contributed by atoms with Gasteiger partial charge >= 0.3 is 5.97 Å². The van der Waals surface area contributed by atoms with E-state index in [4.69, 9.17) is 4.74 Å². The summed E-state index contributed by atoms with van der Waals surface area (Å²) in [6, 6.07) is -1.02. The van der Waals surface area contributed by atoms with E-state index in [-0.39, 0.29) is 41.3 Å². The smallest absolute Gasteiger partial charge is 0.329 e. The molecule has 2 bridgehead atoms. The first-order chi connectivity index (χ1) is 22.1. The second-order valence-electron chi connectivity index (χ2n) is 11.8. The largest absolute Gasteiger partial charge is 0.456 e. The lowest BCUT2D eigenvalue weighted by molar-refractivity contribution is -0.153. The van der Waals surface area contributed by atoms with Crippen molar-refractivity contribution in [1.29, 1.82) is 0 Å². The topological polar surface area (TPSA) is 144 Å². The molecule has 3 N–H and O–H groups in total. The Labute approximate surface area is 282 Å². The van der Waals surface area contributed by atoms with Gasteiger partial charge in [-0.3, -0.25) is 19.2 Å². The Morgan fingerprint density at radius 2 is 1.72 bits per heavy atom. The predicted octanol–water partition coefficient (Wildman–Crippen LogP) is 6.37. The zero-order valence-electron chi connectivity index (χ0n) is 27.9. The van der Waals surface area contributed by atoms with Crippen molar-refractivity contribution in [3.63, 3.8) is 0 Å². The van der Waals surface area contributed by atoms with Crippen LogP contribution in [-0.2, 0) is 30.5 Å². The molecule has 0 saturated heterocycles. The predicted molar refractivity (Wildman–Crippen MR) is 184 cm³/mol. The number of thiazole rings is 1. The summed E-state index contributed by atoms with van der Waals surface area (Å²) in [5.74, 6) is -2.01. The third kappa shape index (κ3) is 15.5. The van der Waals surface area contributed by atoms with Crippen molar-refractivity contribution in [2.24, 2.45) is 5.92 Å². The highest BCUT2D eigenvalue weighted by atomic mass is 32.2. The van der Waals surface area contributed by atoms with Crippen molar-refractivity contribution in [2.75, 3.05) is 5.75 Å². The molecule has 0 unspecified atom stereocenters. The van der Waals surface area contributed by atoms with Gasteiger partial charge in [-0.1, -0.05) is 102 Å². The first kappa shape index (κ1) is 39.2. The fourth-order valence-corrected chi connectivity index (χ4v) is 6.26. The quantitative estimate of drug-likeness (QED) is 0.0794. The number of carbonyl (C=O) groups is 5. The molecule has 46 heavy (non-hydrogen) atoms. The van der Waals surface area contributed by atoms with Gasteiger partial charge in [0.2, 0.25) is 5.91 Å². The molecule has 2 heterocycles. The Morgan fingerprint density at radius 3 is 2.37 bits per heavy atom. The van der Waals surface area contributed by atoms with Crippen LogP contribution in [0.2, 0.25) is 0 Å². The Balaban J connectivity index is 1.91. The van der Waals surface area contributed by atoms with Crippen LogP contribution in [0.15, 0.2) is 29.3 Å². The van der Waals surface area contributed by atoms with Crippen LogP contribution in [0, 0.1) is 5.92 Å². The fourth-order valence-electron chi connectivity index (χ4n) is 4.78. The third-order valence-corrected chi connectivity index (χ3v) is 9.31. The van der Waals surface area contributed by atoms with Gasteiger partial charge in [0.15, 0.2) is 5.12 Å². The van der Waals surface area contributed by atoms with Crippen molar-refractivity contribution < 1.29 is 28.7 Å². The van der Waals surface area contributed by atoms with Crippen LogP contribution in [0.25, 0.3) is 0 Å². The second-order valence-corrected chi connectivity index (χ2v) is 13.9. The van der Waals surface area contributed by atoms with Gasteiger partial charge in [-0.25, -0.2) is 9.78 Å². The molecule has 3 amide bonds. The molecule has 10 nitrogen and oxygen atoms in total. The van der Waals surface area contributed by atoms with Crippen molar-refractivity contribution >= 4 is 51.9 Å². The van der Waals surface area contributed by atoms with Gasteiger partial charge in [0, 0.05) is 17.6 Å². The van der Waals surface area contributed by atoms with E-state index in [1.54, 1.807) is 32.2 Å². The molecule has 0 saturated carbocycles. The van der Waals surface area contributed by atoms with Gasteiger partial charge in [-0.2, -0.15) is 0 Å². The number of cyclic esters (lactones) is 1. The fraction of sp³-hybridized carbons (Fsp3) is 0.647. The summed E-state index contributed by atoms with van der Waals surface area (Å²) < 4.78 is 5.71. The van der Waals surface area contributed by atoms with E-state index in [1.165, 1.54) is 80.5 Å². The Morgan fingerprint density at radius 1 is 1.04 bits per heavy atom. The maximum Gasteiger partial charge on any atom is 0.329 e. The molecule has 0 aliphatic carbocycles. The number of aromatic nitrogens is 1. The van der Waals surface area contributed by atoms with Crippen molar-refractivity contribution in [3.05, 3.63) is 40.0 Å². The van der Waals surface area contributed by atoms with Gasteiger partial charge in [0.1, 0.15) is 28.5 Å². The summed E-state index contributed by atoms with van der Waals surface area (Å²) in [6.45, 7) is 7.45. The number of rotatable bonds is 16. The minimum atomic E-state index is -1.02. The summed E-state index contributed by atoms with van der Waals surface area (Å²) in [5, 5.41) is 10.2. The van der Waals surface area contributed by atoms with Gasteiger partial charge in [0.25, 0.3) is 11.8 Å². The standard InChI is InChI=1S/C34H52N4O6S2/c1-5-7-8-9-10-11-12-13-14-15-19-30(40)45-20-17-16-18-25-21-28(39)35-22-29-36-27(23-46-29)33(42)37-26(6-2)32(41)38-31(24(3)4)34(43)44-25/h6,16,18,23-25,31H,5,7-15,17,19-22H2,1-4H3,(H,35,39)(H,37,42)(H,38,41)/b18-16+,26-6-/t25-,31+/m1/s1. The van der Waals surface area contributed by atoms with E-state index in [2.05, 4.69) is 27.9 Å². The third-order valence-electron chi connectivity index (χ3n) is 7.50. The molecule has 1 aliphatic rings. The zero-order chi connectivity index (χ0) is 33.7. The number of hydrogen-bond donors (Lipinski definition) is 3. The van der Waals surface area contributed by atoms with Crippen LogP contribution in [0.1, 0.15) is 127 Å². The molecule has 2 atom stereocenters. The number of hydrogen-bond acceptors (Lipinski definition) is 9. The van der Waals surface area contributed by atoms with E-state index < -0.39 is 29.9 Å². The maximum atomic E-state index is 13.2. The molecule has 1 aromatic heterocycles. The van der Waals surface area contributed by atoms with Gasteiger partial charge in [0.05, 0.1) is 13.0 Å². The normalized spacial score (nSPS) is 19.3. The Kier molecular flexibility index (Phi) is 19.2. The van der Waals surface area contributed by atoms with E-state index >= 15 is 0 Å². The van der Waals surface area contributed by atoms with Crippen LogP contribution < -0.4 is 16.0 Å². The molecule has 0 aromatic carbocycles. The van der Waals surface area contributed by atoms with Crippen LogP contribution in [-0.4, -0.2) is 51.7 Å². The second kappa shape index (κ2) is 22.5. The minimum absolute atomic E-state index is 0.0185. The lowest BCUT2D eigenvalue weighted by atomic mass is 10.0. The highest BCUT2D eigenvalue weighted by Crippen LogP contribution is 2.16. The van der Waals surface area contributed by atoms with Crippen molar-refractivity contribution in [3.8, 4) is 0 Å². The molecular formula is C34H52N4O6S2. The van der Waals surface area contributed by atoms with Crippen LogP contribution in [0.4, 0.5) is 0 Å². The van der Waals surface area contributed by atoms with Gasteiger partial charge in [-0.15, -0.1) is 11.3 Å². The number of unbranched alkanes of at least 4 members (excludes halogenated alkanes) is 9. The summed E-state index contributed by atoms with van der Waals surface area (Å²) in [7, 11) is 0. The highest BCUT2D eigenvalue weighted by molar-refractivity contribution is 8.13. The minimum Gasteiger partial charge on any atom is -0.456 e. The number of carbonyl (C=O) groups excluding carboxylic acids is 5. The number of nitrogens with zero attached hydrogens (tertiary/aromatic N) is 1. The summed E-state index contributed by atoms with van der Waals surface area (Å²) in [5.41, 5.74) is 0.101. The molecule has 1 aliphatic heterocycles. The average molecular weight is 677 g/mol. The Bertz CT molecular complexity index is 1200. The summed E-state index contributed by atoms with van der Waals surface area (Å²) >= 11 is 2.51. The number of ether oxygens (including phenoxy) is 1. The van der Waals surface area contributed by atoms with Crippen molar-refractivity contribution in [2.45, 2.75) is 130 Å². The number of allylic oxidation sites excluding steroid dienone is 2. The lowest BCUT2D eigenvalue weighted by Gasteiger charge is -2.24. The van der Waals surface area contributed by atoms with Crippen LogP contribution in [0.5, 0.6) is 0 Å². The van der Waals surface area contributed by atoms with E-state index in [0.29, 0.717) is 23.6 Å². The number of amides is 3. The van der Waals surface area contributed by atoms with E-state index in [1.807, 2.05) is 6.08 Å². The van der Waals surface area contributed by atoms with Crippen LogP contribution in [0.3, 0.4) is 0 Å². The highest BCUT2D eigenvalue weighted by Gasteiger charge is 2.30. The average Bonchev–Trinajstić information content (AvgIpc) is 3.50. The number of nitrogens with one attached hydrogen (secondary N) is 3. The SMILES string of the molecule is C/C=C1\NC(=O)c2csc(n2)CNC(=O)C[C@@H](/C=C/CCSC(=O)CCCCCCCCCCCC)OC(=O)[C@H](C(C)C)NC1=O. The molecule has 0 fully saturated rings. The molecule has 256 valence electrons. The number of fused-ring (bicyclic) bond motifs is 2. The zero-order valence-corrected chi connectivity index (χ0v) is 29.5. The number of esters is 1. The van der Waals surface area contributed by atoms with Gasteiger partial charge in [-0.05, 0) is 31.8 Å². The molecule has 0 radical (unpaired) electrons. The maximum absolute atomic E-state index is 13.2. The molecule has 12 heteroatoms.